The summed E-state index contributed by atoms with van der Waals surface area (Å²) in [6.07, 6.45) is 13.8. The number of unbranched alkanes of at least 4 members (excludes halogenated alkanes) is 13. The highest BCUT2D eigenvalue weighted by molar-refractivity contribution is 6.05. The van der Waals surface area contributed by atoms with Gasteiger partial charge in [-0.3, -0.25) is 10.2 Å². The lowest BCUT2D eigenvalue weighted by Gasteiger charge is -2.17. The Labute approximate surface area is 208 Å². The highest BCUT2D eigenvalue weighted by Gasteiger charge is 2.37. The van der Waals surface area contributed by atoms with Crippen molar-refractivity contribution in [2.45, 2.75) is 109 Å². The van der Waals surface area contributed by atoms with E-state index in [1.807, 2.05) is 0 Å². The molecule has 0 unspecified atom stereocenters. The summed E-state index contributed by atoms with van der Waals surface area (Å²) in [6.45, 7) is 1.58. The second-order valence-electron chi connectivity index (χ2n) is 9.38. The number of amides is 1. The molecule has 0 atom stereocenters. The summed E-state index contributed by atoms with van der Waals surface area (Å²) in [4.78, 5) is 15.9. The van der Waals surface area contributed by atoms with Gasteiger partial charge in [-0.15, -0.1) is 0 Å². The van der Waals surface area contributed by atoms with E-state index in [4.69, 9.17) is 4.74 Å². The van der Waals surface area contributed by atoms with Gasteiger partial charge >= 0.3 is 6.18 Å². The van der Waals surface area contributed by atoms with Crippen LogP contribution in [0, 0.1) is 0 Å². The van der Waals surface area contributed by atoms with Crippen LogP contribution in [0.15, 0.2) is 29.3 Å². The van der Waals surface area contributed by atoms with Crippen molar-refractivity contribution in [3.05, 3.63) is 24.3 Å². The fourth-order valence-corrected chi connectivity index (χ4v) is 4.13. The highest BCUT2D eigenvalue weighted by Crippen LogP contribution is 2.22. The van der Waals surface area contributed by atoms with Gasteiger partial charge in [-0.2, -0.15) is 13.2 Å². The SMILES string of the molecule is CCCCCCCCCCCCCCCCOc1ccc(N=C2CC(=O)N(CC(F)(F)F)N2)cc1. The molecule has 1 aliphatic rings. The van der Waals surface area contributed by atoms with E-state index in [1.54, 1.807) is 24.3 Å². The number of benzene rings is 1. The molecule has 1 aromatic rings. The third-order valence-corrected chi connectivity index (χ3v) is 6.09. The minimum absolute atomic E-state index is 0.173. The number of halogens is 3. The summed E-state index contributed by atoms with van der Waals surface area (Å²) in [5.74, 6) is 0.294. The van der Waals surface area contributed by atoms with E-state index in [0.29, 0.717) is 17.3 Å². The molecule has 8 heteroatoms. The Hall–Kier alpha value is -2.25. The maximum absolute atomic E-state index is 12.5. The normalized spacial score (nSPS) is 15.1. The van der Waals surface area contributed by atoms with Crippen molar-refractivity contribution in [1.29, 1.82) is 0 Å². The maximum Gasteiger partial charge on any atom is 0.408 e. The smallest absolute Gasteiger partial charge is 0.408 e. The van der Waals surface area contributed by atoms with Crippen LogP contribution in [-0.4, -0.2) is 36.1 Å². The van der Waals surface area contributed by atoms with Crippen LogP contribution >= 0.6 is 0 Å². The number of amidine groups is 1. The van der Waals surface area contributed by atoms with Gasteiger partial charge in [-0.1, -0.05) is 90.4 Å². The summed E-state index contributed by atoms with van der Waals surface area (Å²) in [7, 11) is 0. The Balaban J connectivity index is 1.49. The fraction of sp³-hybridized carbons (Fsp3) is 0.704. The van der Waals surface area contributed by atoms with Crippen molar-refractivity contribution in [2.24, 2.45) is 4.99 Å². The third-order valence-electron chi connectivity index (χ3n) is 6.09. The summed E-state index contributed by atoms with van der Waals surface area (Å²) in [5, 5.41) is 0.548. The van der Waals surface area contributed by atoms with Crippen molar-refractivity contribution in [1.82, 2.24) is 10.4 Å². The van der Waals surface area contributed by atoms with Crippen LogP contribution in [0.25, 0.3) is 0 Å². The molecule has 1 aromatic carbocycles. The molecule has 5 nitrogen and oxygen atoms in total. The third kappa shape index (κ3) is 13.4. The van der Waals surface area contributed by atoms with Crippen molar-refractivity contribution >= 4 is 17.4 Å². The number of nitrogens with zero attached hydrogens (tertiary/aromatic N) is 2. The molecule has 1 fully saturated rings. The molecular weight excluding hydrogens is 455 g/mol. The first-order valence-corrected chi connectivity index (χ1v) is 13.3. The Morgan fingerprint density at radius 2 is 1.37 bits per heavy atom. The van der Waals surface area contributed by atoms with E-state index in [2.05, 4.69) is 17.3 Å². The minimum Gasteiger partial charge on any atom is -0.494 e. The molecule has 0 radical (unpaired) electrons. The number of alkyl halides is 3. The van der Waals surface area contributed by atoms with Gasteiger partial charge in [-0.25, -0.2) is 10.0 Å². The zero-order chi connectivity index (χ0) is 25.4. The predicted molar refractivity (Wildman–Crippen MR) is 135 cm³/mol. The lowest BCUT2D eigenvalue weighted by Crippen LogP contribution is -2.42. The Morgan fingerprint density at radius 3 is 1.89 bits per heavy atom. The number of ether oxygens (including phenoxy) is 1. The van der Waals surface area contributed by atoms with Crippen LogP contribution < -0.4 is 10.2 Å². The van der Waals surface area contributed by atoms with Gasteiger partial charge in [0.15, 0.2) is 0 Å². The Kier molecular flexibility index (Phi) is 13.6. The molecule has 0 saturated carbocycles. The molecule has 0 aromatic heterocycles. The van der Waals surface area contributed by atoms with Crippen molar-refractivity contribution < 1.29 is 22.7 Å². The summed E-state index contributed by atoms with van der Waals surface area (Å²) in [5.41, 5.74) is 2.98. The molecular formula is C27H42F3N3O2. The maximum atomic E-state index is 12.5. The molecule has 0 spiro atoms. The Bertz CT molecular complexity index is 751. The van der Waals surface area contributed by atoms with Crippen molar-refractivity contribution in [3.63, 3.8) is 0 Å². The first kappa shape index (κ1) is 29.0. The van der Waals surface area contributed by atoms with Crippen molar-refractivity contribution in [3.8, 4) is 5.75 Å². The number of rotatable bonds is 18. The van der Waals surface area contributed by atoms with E-state index in [1.165, 1.54) is 77.0 Å². The number of hydrogen-bond acceptors (Lipinski definition) is 3. The summed E-state index contributed by atoms with van der Waals surface area (Å²) in [6, 6.07) is 7.03. The standard InChI is InChI=1S/C27H42F3N3O2/c1-2-3-4-5-6-7-8-9-10-11-12-13-14-15-20-35-24-18-16-23(17-19-24)31-25-21-26(34)33(32-25)22-27(28,29)30/h16-19H,2-15,20-22H2,1H3,(H,31,32). The average Bonchev–Trinajstić information content (AvgIpc) is 3.14. The minimum atomic E-state index is -4.45. The number of carbonyl (C=O) groups is 1. The van der Waals surface area contributed by atoms with E-state index in [9.17, 15) is 18.0 Å². The number of nitrogens with one attached hydrogen (secondary N) is 1. The van der Waals surface area contributed by atoms with Gasteiger partial charge in [0.2, 0.25) is 5.91 Å². The van der Waals surface area contributed by atoms with E-state index >= 15 is 0 Å². The van der Waals surface area contributed by atoms with Crippen molar-refractivity contribution in [2.75, 3.05) is 13.2 Å². The van der Waals surface area contributed by atoms with Gasteiger partial charge in [0.25, 0.3) is 0 Å². The fourth-order valence-electron chi connectivity index (χ4n) is 4.13. The van der Waals surface area contributed by atoms with E-state index < -0.39 is 18.6 Å². The number of hydrazine groups is 1. The van der Waals surface area contributed by atoms with Crippen LogP contribution in [0.5, 0.6) is 5.75 Å². The van der Waals surface area contributed by atoms with Crippen LogP contribution in [0.4, 0.5) is 18.9 Å². The first-order chi connectivity index (χ1) is 16.9. The summed E-state index contributed by atoms with van der Waals surface area (Å²) >= 11 is 0. The monoisotopic (exact) mass is 497 g/mol. The molecule has 1 aliphatic heterocycles. The van der Waals surface area contributed by atoms with Crippen LogP contribution in [0.2, 0.25) is 0 Å². The van der Waals surface area contributed by atoms with Crippen LogP contribution in [0.3, 0.4) is 0 Å². The lowest BCUT2D eigenvalue weighted by atomic mass is 10.0. The largest absolute Gasteiger partial charge is 0.494 e. The zero-order valence-corrected chi connectivity index (χ0v) is 21.2. The molecule has 1 amide bonds. The number of hydrogen-bond donors (Lipinski definition) is 1. The van der Waals surface area contributed by atoms with Gasteiger partial charge in [-0.05, 0) is 30.7 Å². The van der Waals surface area contributed by atoms with E-state index in [0.717, 1.165) is 18.6 Å². The Morgan fingerprint density at radius 1 is 0.857 bits per heavy atom. The molecule has 2 rings (SSSR count). The number of aliphatic imine (C=N–C) groups is 1. The lowest BCUT2D eigenvalue weighted by molar-refractivity contribution is -0.161. The zero-order valence-electron chi connectivity index (χ0n) is 21.2. The summed E-state index contributed by atoms with van der Waals surface area (Å²) < 4.78 is 43.2. The van der Waals surface area contributed by atoms with Crippen LogP contribution in [0.1, 0.15) is 103 Å². The molecule has 0 aliphatic carbocycles. The quantitative estimate of drug-likeness (QED) is 0.210. The van der Waals surface area contributed by atoms with Gasteiger partial charge < -0.3 is 4.74 Å². The number of carbonyl (C=O) groups excluding carboxylic acids is 1. The molecule has 1 N–H and O–H groups in total. The first-order valence-electron chi connectivity index (χ1n) is 13.3. The van der Waals surface area contributed by atoms with Crippen LogP contribution in [-0.2, 0) is 4.79 Å². The second-order valence-corrected chi connectivity index (χ2v) is 9.38. The molecule has 1 heterocycles. The van der Waals surface area contributed by atoms with Gasteiger partial charge in [0.05, 0.1) is 18.7 Å². The van der Waals surface area contributed by atoms with E-state index in [-0.39, 0.29) is 12.3 Å². The molecule has 35 heavy (non-hydrogen) atoms. The molecule has 0 bridgehead atoms. The second kappa shape index (κ2) is 16.4. The topological polar surface area (TPSA) is 53.9 Å². The average molecular weight is 498 g/mol. The highest BCUT2D eigenvalue weighted by atomic mass is 19.4. The predicted octanol–water partition coefficient (Wildman–Crippen LogP) is 7.88. The molecule has 198 valence electrons. The van der Waals surface area contributed by atoms with Gasteiger partial charge in [0.1, 0.15) is 18.1 Å². The van der Waals surface area contributed by atoms with Gasteiger partial charge in [0, 0.05) is 0 Å². The molecule has 1 saturated heterocycles.